The van der Waals surface area contributed by atoms with E-state index in [1.807, 2.05) is 20.8 Å². The maximum absolute atomic E-state index is 12.3. The zero-order chi connectivity index (χ0) is 35.7. The van der Waals surface area contributed by atoms with Crippen LogP contribution in [0, 0.1) is 29.1 Å². The minimum atomic E-state index is -1.61. The third-order valence-corrected chi connectivity index (χ3v) is 10.8. The van der Waals surface area contributed by atoms with Gasteiger partial charge in [0, 0.05) is 38.2 Å². The van der Waals surface area contributed by atoms with E-state index in [9.17, 15) is 30.0 Å². The van der Waals surface area contributed by atoms with Crippen LogP contribution in [-0.2, 0) is 38.0 Å². The summed E-state index contributed by atoms with van der Waals surface area (Å²) in [4.78, 5) is 24.0. The Bertz CT molecular complexity index is 1240. The fraction of sp³-hybridized carbons (Fsp3) is 0.778. The molecular formula is C36H56O12. The first-order chi connectivity index (χ1) is 22.4. The van der Waals surface area contributed by atoms with Gasteiger partial charge in [0.25, 0.3) is 0 Å². The van der Waals surface area contributed by atoms with Crippen molar-refractivity contribution in [3.8, 4) is 0 Å². The van der Waals surface area contributed by atoms with Gasteiger partial charge in [-0.05, 0) is 57.4 Å². The minimum absolute atomic E-state index is 0.0226. The van der Waals surface area contributed by atoms with Crippen molar-refractivity contribution in [2.75, 3.05) is 26.9 Å². The predicted molar refractivity (Wildman–Crippen MR) is 174 cm³/mol. The number of aliphatic hydroxyl groups is 4. The van der Waals surface area contributed by atoms with Crippen LogP contribution < -0.4 is 0 Å². The smallest absolute Gasteiger partial charge is 0.303 e. The van der Waals surface area contributed by atoms with Crippen LogP contribution in [0.3, 0.4) is 0 Å². The van der Waals surface area contributed by atoms with Gasteiger partial charge in [0.1, 0.15) is 24.4 Å². The molecular weight excluding hydrogens is 624 g/mol. The van der Waals surface area contributed by atoms with Gasteiger partial charge in [-0.2, -0.15) is 0 Å². The van der Waals surface area contributed by atoms with Crippen molar-refractivity contribution in [2.24, 2.45) is 29.1 Å². The molecule has 4 N–H and O–H groups in total. The topological polar surface area (TPSA) is 170 Å². The first kappa shape index (κ1) is 38.6. The third-order valence-electron chi connectivity index (χ3n) is 10.8. The minimum Gasteiger partial charge on any atom is -0.465 e. The second-order valence-electron chi connectivity index (χ2n) is 14.7. The summed E-state index contributed by atoms with van der Waals surface area (Å²) < 4.78 is 35.3. The molecule has 12 heteroatoms. The van der Waals surface area contributed by atoms with Crippen LogP contribution in [0.15, 0.2) is 35.5 Å². The number of fused-ring (bicyclic) bond motifs is 2. The summed E-state index contributed by atoms with van der Waals surface area (Å²) in [6.45, 7) is 16.0. The molecule has 0 amide bonds. The van der Waals surface area contributed by atoms with Crippen molar-refractivity contribution in [3.63, 3.8) is 0 Å². The molecule has 0 spiro atoms. The molecule has 1 saturated heterocycles. The fourth-order valence-corrected chi connectivity index (χ4v) is 7.87. The molecule has 12 nitrogen and oxygen atoms in total. The largest absolute Gasteiger partial charge is 0.465 e. The Labute approximate surface area is 284 Å². The van der Waals surface area contributed by atoms with Crippen LogP contribution in [-0.4, -0.2) is 114 Å². The Morgan fingerprint density at radius 2 is 1.79 bits per heavy atom. The van der Waals surface area contributed by atoms with Gasteiger partial charge in [-0.1, -0.05) is 37.1 Å². The summed E-state index contributed by atoms with van der Waals surface area (Å²) in [6.07, 6.45) is -4.56. The first-order valence-corrected chi connectivity index (χ1v) is 17.0. The molecule has 2 fully saturated rings. The van der Waals surface area contributed by atoms with Gasteiger partial charge in [0.2, 0.25) is 0 Å². The van der Waals surface area contributed by atoms with E-state index in [-0.39, 0.29) is 43.3 Å². The Balaban J connectivity index is 1.84. The normalized spacial score (nSPS) is 39.1. The first-order valence-electron chi connectivity index (χ1n) is 17.0. The lowest BCUT2D eigenvalue weighted by atomic mass is 9.68. The Kier molecular flexibility index (Phi) is 12.4. The summed E-state index contributed by atoms with van der Waals surface area (Å²) in [5, 5.41) is 46.4. The monoisotopic (exact) mass is 680 g/mol. The molecule has 0 bridgehead atoms. The van der Waals surface area contributed by atoms with Gasteiger partial charge in [-0.15, -0.1) is 6.58 Å². The highest BCUT2D eigenvalue weighted by Gasteiger charge is 2.56. The van der Waals surface area contributed by atoms with E-state index in [1.54, 1.807) is 27.0 Å². The molecule has 4 aliphatic rings. The summed E-state index contributed by atoms with van der Waals surface area (Å²) in [5.74, 6) is -1.73. The number of esters is 2. The standard InChI is InChI=1S/C36H56O12/c1-10-35(6,7)45-17-26-30(41)31(42)33(46-21(5)38)34(47-26)48-32-28-24(18(2)15-44-20(4)37)13-27(39)36(28,8)14-25-22(16-43-9)11-12-23(25)19(3)29(32)40/h10,14,18-19,22-23,26-27,29-34,39-42H,1,11-13,15-17H2,2-9H3/t18-,19-,22-,23+,26-,27+,29-,30-,31+,32-,33-,34-,36+/m1/s1. The molecule has 1 heterocycles. The molecule has 13 atom stereocenters. The molecule has 0 aromatic carbocycles. The van der Waals surface area contributed by atoms with Gasteiger partial charge in [0.15, 0.2) is 12.4 Å². The Morgan fingerprint density at radius 3 is 2.40 bits per heavy atom. The number of rotatable bonds is 12. The molecule has 0 aromatic rings. The van der Waals surface area contributed by atoms with E-state index in [0.29, 0.717) is 12.2 Å². The lowest BCUT2D eigenvalue weighted by molar-refractivity contribution is -0.321. The summed E-state index contributed by atoms with van der Waals surface area (Å²) in [5.41, 5.74) is 0.743. The molecule has 272 valence electrons. The van der Waals surface area contributed by atoms with E-state index in [0.717, 1.165) is 24.0 Å². The van der Waals surface area contributed by atoms with Crippen LogP contribution in [0.5, 0.6) is 0 Å². The van der Waals surface area contributed by atoms with Crippen LogP contribution in [0.1, 0.15) is 67.7 Å². The van der Waals surface area contributed by atoms with Crippen molar-refractivity contribution >= 4 is 11.9 Å². The van der Waals surface area contributed by atoms with E-state index in [1.165, 1.54) is 13.8 Å². The molecule has 1 saturated carbocycles. The van der Waals surface area contributed by atoms with Crippen molar-refractivity contribution in [1.29, 1.82) is 0 Å². The van der Waals surface area contributed by atoms with E-state index in [4.69, 9.17) is 28.4 Å². The zero-order valence-electron chi connectivity index (χ0n) is 29.6. The number of methoxy groups -OCH3 is 1. The lowest BCUT2D eigenvalue weighted by Gasteiger charge is -2.47. The number of aliphatic hydroxyl groups excluding tert-OH is 4. The highest BCUT2D eigenvalue weighted by atomic mass is 16.7. The average Bonchev–Trinajstić information content (AvgIpc) is 3.52. The number of carbonyl (C=O) groups is 2. The van der Waals surface area contributed by atoms with E-state index in [2.05, 4.69) is 12.7 Å². The quantitative estimate of drug-likeness (QED) is 0.176. The van der Waals surface area contributed by atoms with E-state index >= 15 is 0 Å². The van der Waals surface area contributed by atoms with Crippen molar-refractivity contribution < 1.29 is 58.4 Å². The number of carbonyl (C=O) groups excluding carboxylic acids is 2. The molecule has 4 rings (SSSR count). The average molecular weight is 681 g/mol. The molecule has 0 unspecified atom stereocenters. The summed E-state index contributed by atoms with van der Waals surface area (Å²) in [6, 6.07) is 0. The number of hydrogen-bond donors (Lipinski definition) is 4. The Hall–Kier alpha value is -2.16. The zero-order valence-corrected chi connectivity index (χ0v) is 29.6. The van der Waals surface area contributed by atoms with Crippen LogP contribution in [0.2, 0.25) is 0 Å². The molecule has 3 aliphatic carbocycles. The predicted octanol–water partition coefficient (Wildman–Crippen LogP) is 2.61. The second kappa shape index (κ2) is 15.4. The van der Waals surface area contributed by atoms with Crippen LogP contribution in [0.25, 0.3) is 0 Å². The number of hydrogen-bond acceptors (Lipinski definition) is 12. The second-order valence-corrected chi connectivity index (χ2v) is 14.7. The SMILES string of the molecule is C=CC(C)(C)OC[C@H]1O[C@H](O[C@@H]2C3=C([C@H](C)COC(C)=O)C[C@H](O)[C@]3(C)C=C3[C@@H](COC)CC[C@H]3[C@@H](C)[C@H]2O)[C@H](OC(C)=O)[C@@H](O)[C@@H]1O. The lowest BCUT2D eigenvalue weighted by Crippen LogP contribution is -2.62. The van der Waals surface area contributed by atoms with Crippen molar-refractivity contribution in [3.05, 3.63) is 35.5 Å². The maximum atomic E-state index is 12.3. The van der Waals surface area contributed by atoms with Crippen LogP contribution in [0.4, 0.5) is 0 Å². The molecule has 0 radical (unpaired) electrons. The van der Waals surface area contributed by atoms with Gasteiger partial charge in [-0.3, -0.25) is 9.59 Å². The Morgan fingerprint density at radius 1 is 1.10 bits per heavy atom. The maximum Gasteiger partial charge on any atom is 0.303 e. The highest BCUT2D eigenvalue weighted by Crippen LogP contribution is 2.56. The van der Waals surface area contributed by atoms with Gasteiger partial charge < -0.3 is 48.8 Å². The van der Waals surface area contributed by atoms with Gasteiger partial charge in [-0.25, -0.2) is 0 Å². The van der Waals surface area contributed by atoms with Crippen molar-refractivity contribution in [2.45, 2.75) is 122 Å². The number of ether oxygens (including phenoxy) is 6. The molecule has 0 aromatic heterocycles. The van der Waals surface area contributed by atoms with Gasteiger partial charge >= 0.3 is 11.9 Å². The van der Waals surface area contributed by atoms with Crippen molar-refractivity contribution in [1.82, 2.24) is 0 Å². The third kappa shape index (κ3) is 7.91. The fourth-order valence-electron chi connectivity index (χ4n) is 7.87. The molecule has 48 heavy (non-hydrogen) atoms. The highest BCUT2D eigenvalue weighted by molar-refractivity contribution is 5.66. The molecule has 1 aliphatic heterocycles. The van der Waals surface area contributed by atoms with Crippen LogP contribution >= 0.6 is 0 Å². The van der Waals surface area contributed by atoms with Gasteiger partial charge in [0.05, 0.1) is 37.6 Å². The van der Waals surface area contributed by atoms with E-state index < -0.39 is 72.0 Å². The summed E-state index contributed by atoms with van der Waals surface area (Å²) >= 11 is 0. The summed E-state index contributed by atoms with van der Waals surface area (Å²) in [7, 11) is 1.66.